The van der Waals surface area contributed by atoms with Crippen molar-refractivity contribution in [2.75, 3.05) is 11.4 Å². The fourth-order valence-electron chi connectivity index (χ4n) is 1.95. The van der Waals surface area contributed by atoms with Crippen LogP contribution in [0.2, 0.25) is 0 Å². The first kappa shape index (κ1) is 10.2. The second-order valence-electron chi connectivity index (χ2n) is 3.99. The molecule has 1 fully saturated rings. The predicted octanol–water partition coefficient (Wildman–Crippen LogP) is 1.53. The normalized spacial score (nSPS) is 22.6. The summed E-state index contributed by atoms with van der Waals surface area (Å²) >= 11 is 0. The SMILES string of the molecule is NC1CCCN(c2ccccc2)C(=O)C1. The van der Waals surface area contributed by atoms with Gasteiger partial charge in [0, 0.05) is 24.7 Å². The average Bonchev–Trinajstić information content (AvgIpc) is 2.40. The highest BCUT2D eigenvalue weighted by Crippen LogP contribution is 2.19. The van der Waals surface area contributed by atoms with Crippen LogP contribution in [0.25, 0.3) is 0 Å². The van der Waals surface area contributed by atoms with E-state index in [1.807, 2.05) is 35.2 Å². The van der Waals surface area contributed by atoms with Gasteiger partial charge in [-0.05, 0) is 25.0 Å². The summed E-state index contributed by atoms with van der Waals surface area (Å²) in [5, 5.41) is 0. The molecule has 0 radical (unpaired) electrons. The van der Waals surface area contributed by atoms with Gasteiger partial charge in [0.25, 0.3) is 0 Å². The highest BCUT2D eigenvalue weighted by molar-refractivity contribution is 5.93. The third kappa shape index (κ3) is 2.36. The maximum atomic E-state index is 11.9. The fourth-order valence-corrected chi connectivity index (χ4v) is 1.95. The molecule has 1 aromatic carbocycles. The van der Waals surface area contributed by atoms with Crippen molar-refractivity contribution in [2.45, 2.75) is 25.3 Å². The Labute approximate surface area is 89.9 Å². The molecule has 80 valence electrons. The van der Waals surface area contributed by atoms with Crippen LogP contribution >= 0.6 is 0 Å². The molecule has 1 heterocycles. The minimum Gasteiger partial charge on any atom is -0.327 e. The van der Waals surface area contributed by atoms with E-state index < -0.39 is 0 Å². The van der Waals surface area contributed by atoms with Crippen molar-refractivity contribution < 1.29 is 4.79 Å². The van der Waals surface area contributed by atoms with Crippen LogP contribution in [0.3, 0.4) is 0 Å². The Balaban J connectivity index is 2.18. The Hall–Kier alpha value is -1.35. The summed E-state index contributed by atoms with van der Waals surface area (Å²) in [4.78, 5) is 13.7. The van der Waals surface area contributed by atoms with Crippen molar-refractivity contribution in [1.29, 1.82) is 0 Å². The van der Waals surface area contributed by atoms with Crippen molar-refractivity contribution in [2.24, 2.45) is 5.73 Å². The van der Waals surface area contributed by atoms with Crippen LogP contribution in [-0.4, -0.2) is 18.5 Å². The second-order valence-corrected chi connectivity index (χ2v) is 3.99. The summed E-state index contributed by atoms with van der Waals surface area (Å²) in [6.07, 6.45) is 2.39. The third-order valence-corrected chi connectivity index (χ3v) is 2.76. The Morgan fingerprint density at radius 3 is 2.73 bits per heavy atom. The number of hydrogen-bond acceptors (Lipinski definition) is 2. The topological polar surface area (TPSA) is 46.3 Å². The van der Waals surface area contributed by atoms with E-state index in [-0.39, 0.29) is 11.9 Å². The molecule has 0 bridgehead atoms. The molecule has 3 heteroatoms. The highest BCUT2D eigenvalue weighted by Gasteiger charge is 2.21. The number of anilines is 1. The van der Waals surface area contributed by atoms with Gasteiger partial charge >= 0.3 is 0 Å². The molecule has 1 aliphatic heterocycles. The van der Waals surface area contributed by atoms with Crippen LogP contribution in [-0.2, 0) is 4.79 Å². The summed E-state index contributed by atoms with van der Waals surface area (Å²) in [6.45, 7) is 0.788. The number of hydrogen-bond donors (Lipinski definition) is 1. The first-order valence-electron chi connectivity index (χ1n) is 5.38. The van der Waals surface area contributed by atoms with Crippen molar-refractivity contribution in [3.8, 4) is 0 Å². The lowest BCUT2D eigenvalue weighted by Gasteiger charge is -2.20. The van der Waals surface area contributed by atoms with E-state index in [1.54, 1.807) is 0 Å². The van der Waals surface area contributed by atoms with Gasteiger partial charge in [-0.25, -0.2) is 0 Å². The van der Waals surface area contributed by atoms with E-state index in [2.05, 4.69) is 0 Å². The van der Waals surface area contributed by atoms with Gasteiger partial charge < -0.3 is 10.6 Å². The zero-order valence-electron chi connectivity index (χ0n) is 8.73. The largest absolute Gasteiger partial charge is 0.327 e. The Morgan fingerprint density at radius 1 is 1.27 bits per heavy atom. The van der Waals surface area contributed by atoms with Gasteiger partial charge in [0.1, 0.15) is 0 Å². The van der Waals surface area contributed by atoms with Crippen LogP contribution in [0.5, 0.6) is 0 Å². The molecule has 3 nitrogen and oxygen atoms in total. The number of rotatable bonds is 1. The van der Waals surface area contributed by atoms with Gasteiger partial charge in [0.15, 0.2) is 0 Å². The smallest absolute Gasteiger partial charge is 0.228 e. The van der Waals surface area contributed by atoms with E-state index in [9.17, 15) is 4.79 Å². The third-order valence-electron chi connectivity index (χ3n) is 2.76. The maximum Gasteiger partial charge on any atom is 0.228 e. The average molecular weight is 204 g/mol. The van der Waals surface area contributed by atoms with Gasteiger partial charge in [-0.1, -0.05) is 18.2 Å². The molecule has 1 amide bonds. The fraction of sp³-hybridized carbons (Fsp3) is 0.417. The minimum atomic E-state index is 0.0335. The van der Waals surface area contributed by atoms with Gasteiger partial charge in [-0.15, -0.1) is 0 Å². The monoisotopic (exact) mass is 204 g/mol. The summed E-state index contributed by atoms with van der Waals surface area (Å²) in [7, 11) is 0. The van der Waals surface area contributed by atoms with E-state index in [4.69, 9.17) is 5.73 Å². The zero-order valence-corrected chi connectivity index (χ0v) is 8.73. The molecule has 1 aromatic rings. The molecule has 2 N–H and O–H groups in total. The Kier molecular flexibility index (Phi) is 3.02. The number of benzene rings is 1. The molecule has 0 aromatic heterocycles. The summed E-state index contributed by atoms with van der Waals surface area (Å²) in [5.41, 5.74) is 6.80. The summed E-state index contributed by atoms with van der Waals surface area (Å²) < 4.78 is 0. The van der Waals surface area contributed by atoms with Gasteiger partial charge in [-0.3, -0.25) is 4.79 Å². The Bertz CT molecular complexity index is 337. The van der Waals surface area contributed by atoms with Crippen LogP contribution in [0, 0.1) is 0 Å². The highest BCUT2D eigenvalue weighted by atomic mass is 16.2. The number of nitrogens with two attached hydrogens (primary N) is 1. The molecule has 0 spiro atoms. The molecule has 0 saturated carbocycles. The number of para-hydroxylation sites is 1. The molecule has 1 saturated heterocycles. The summed E-state index contributed by atoms with van der Waals surface area (Å²) in [6, 6.07) is 9.83. The molecular formula is C12H16N2O. The number of nitrogens with zero attached hydrogens (tertiary/aromatic N) is 1. The lowest BCUT2D eigenvalue weighted by Crippen LogP contribution is -2.32. The molecule has 0 aliphatic carbocycles. The van der Waals surface area contributed by atoms with Crippen molar-refractivity contribution in [3.63, 3.8) is 0 Å². The Morgan fingerprint density at radius 2 is 2.00 bits per heavy atom. The molecule has 15 heavy (non-hydrogen) atoms. The minimum absolute atomic E-state index is 0.0335. The van der Waals surface area contributed by atoms with Crippen LogP contribution in [0.15, 0.2) is 30.3 Å². The van der Waals surface area contributed by atoms with Gasteiger partial charge in [0.2, 0.25) is 5.91 Å². The van der Waals surface area contributed by atoms with Gasteiger partial charge in [-0.2, -0.15) is 0 Å². The molecule has 1 unspecified atom stereocenters. The molecule has 1 aliphatic rings. The number of carbonyl (C=O) groups is 1. The quantitative estimate of drug-likeness (QED) is 0.754. The first-order chi connectivity index (χ1) is 7.27. The lowest BCUT2D eigenvalue weighted by atomic mass is 10.1. The van der Waals surface area contributed by atoms with Gasteiger partial charge in [0.05, 0.1) is 0 Å². The molecular weight excluding hydrogens is 188 g/mol. The van der Waals surface area contributed by atoms with E-state index in [0.717, 1.165) is 25.1 Å². The maximum absolute atomic E-state index is 11.9. The van der Waals surface area contributed by atoms with Crippen molar-refractivity contribution >= 4 is 11.6 Å². The zero-order chi connectivity index (χ0) is 10.7. The van der Waals surface area contributed by atoms with Crippen molar-refractivity contribution in [3.05, 3.63) is 30.3 Å². The predicted molar refractivity (Wildman–Crippen MR) is 60.6 cm³/mol. The van der Waals surface area contributed by atoms with Crippen LogP contribution in [0.1, 0.15) is 19.3 Å². The van der Waals surface area contributed by atoms with Crippen LogP contribution < -0.4 is 10.6 Å². The van der Waals surface area contributed by atoms with Crippen LogP contribution in [0.4, 0.5) is 5.69 Å². The number of carbonyl (C=O) groups excluding carboxylic acids is 1. The first-order valence-corrected chi connectivity index (χ1v) is 5.38. The standard InChI is InChI=1S/C12H16N2O/c13-10-5-4-8-14(12(15)9-10)11-6-2-1-3-7-11/h1-3,6-7,10H,4-5,8-9,13H2. The summed E-state index contributed by atoms with van der Waals surface area (Å²) in [5.74, 6) is 0.145. The molecule has 2 rings (SSSR count). The number of amides is 1. The second kappa shape index (κ2) is 4.45. The molecule has 1 atom stereocenters. The van der Waals surface area contributed by atoms with Crippen molar-refractivity contribution in [1.82, 2.24) is 0 Å². The lowest BCUT2D eigenvalue weighted by molar-refractivity contribution is -0.118. The van der Waals surface area contributed by atoms with E-state index >= 15 is 0 Å². The van der Waals surface area contributed by atoms with E-state index in [1.165, 1.54) is 0 Å². The van der Waals surface area contributed by atoms with E-state index in [0.29, 0.717) is 6.42 Å².